The maximum absolute atomic E-state index is 10.0. The van der Waals surface area contributed by atoms with E-state index < -0.39 is 0 Å². The van der Waals surface area contributed by atoms with Crippen molar-refractivity contribution >= 4 is 27.5 Å². The molecule has 0 spiro atoms. The predicted octanol–water partition coefficient (Wildman–Crippen LogP) is 4.33. The summed E-state index contributed by atoms with van der Waals surface area (Å²) >= 11 is 9.32. The SMILES string of the molecule is OC(CC1CCC1)c1cc(Cl)cc(Br)c1. The van der Waals surface area contributed by atoms with Crippen molar-refractivity contribution in [1.29, 1.82) is 0 Å². The summed E-state index contributed by atoms with van der Waals surface area (Å²) in [5.74, 6) is 0.706. The molecule has 1 N–H and O–H groups in total. The Morgan fingerprint density at radius 3 is 2.67 bits per heavy atom. The van der Waals surface area contributed by atoms with Gasteiger partial charge in [-0.3, -0.25) is 0 Å². The molecule has 1 saturated carbocycles. The van der Waals surface area contributed by atoms with Crippen LogP contribution in [0.15, 0.2) is 22.7 Å². The summed E-state index contributed by atoms with van der Waals surface area (Å²) in [4.78, 5) is 0. The molecule has 1 atom stereocenters. The van der Waals surface area contributed by atoms with E-state index >= 15 is 0 Å². The summed E-state index contributed by atoms with van der Waals surface area (Å²) in [6, 6.07) is 5.62. The number of hydrogen-bond donors (Lipinski definition) is 1. The van der Waals surface area contributed by atoms with Crippen LogP contribution in [0.1, 0.15) is 37.4 Å². The van der Waals surface area contributed by atoms with Gasteiger partial charge in [0.05, 0.1) is 6.10 Å². The molecule has 1 nitrogen and oxygen atoms in total. The Balaban J connectivity index is 2.06. The van der Waals surface area contributed by atoms with Crippen LogP contribution in [0.25, 0.3) is 0 Å². The largest absolute Gasteiger partial charge is 0.388 e. The second-order valence-electron chi connectivity index (χ2n) is 4.25. The molecule has 1 aliphatic carbocycles. The van der Waals surface area contributed by atoms with Crippen LogP contribution in [-0.2, 0) is 0 Å². The number of hydrogen-bond acceptors (Lipinski definition) is 1. The summed E-state index contributed by atoms with van der Waals surface area (Å²) in [5, 5.41) is 10.7. The minimum Gasteiger partial charge on any atom is -0.388 e. The third-order valence-electron chi connectivity index (χ3n) is 3.05. The molecule has 1 unspecified atom stereocenters. The molecular weight excluding hydrogens is 275 g/mol. The number of benzene rings is 1. The monoisotopic (exact) mass is 288 g/mol. The molecule has 0 saturated heterocycles. The molecule has 1 aromatic rings. The average Bonchev–Trinajstić information content (AvgIpc) is 2.09. The highest BCUT2D eigenvalue weighted by atomic mass is 79.9. The van der Waals surface area contributed by atoms with Crippen molar-refractivity contribution in [1.82, 2.24) is 0 Å². The van der Waals surface area contributed by atoms with Crippen LogP contribution in [0.4, 0.5) is 0 Å². The number of rotatable bonds is 3. The molecule has 82 valence electrons. The fourth-order valence-electron chi connectivity index (χ4n) is 1.95. The Labute approximate surface area is 104 Å². The molecule has 0 heterocycles. The second kappa shape index (κ2) is 4.86. The van der Waals surface area contributed by atoms with Crippen LogP contribution >= 0.6 is 27.5 Å². The zero-order valence-electron chi connectivity index (χ0n) is 8.42. The molecule has 0 bridgehead atoms. The van der Waals surface area contributed by atoms with Gasteiger partial charge in [-0.25, -0.2) is 0 Å². The lowest BCUT2D eigenvalue weighted by molar-refractivity contribution is 0.118. The van der Waals surface area contributed by atoms with Crippen LogP contribution in [0.5, 0.6) is 0 Å². The Hall–Kier alpha value is -0.0500. The van der Waals surface area contributed by atoms with Gasteiger partial charge < -0.3 is 5.11 Å². The van der Waals surface area contributed by atoms with Crippen molar-refractivity contribution in [3.8, 4) is 0 Å². The standard InChI is InChI=1S/C12H14BrClO/c13-10-5-9(6-11(14)7-10)12(15)4-8-2-1-3-8/h5-8,12,15H,1-4H2. The summed E-state index contributed by atoms with van der Waals surface area (Å²) in [7, 11) is 0. The minimum atomic E-state index is -0.370. The van der Waals surface area contributed by atoms with Gasteiger partial charge in [-0.15, -0.1) is 0 Å². The lowest BCUT2D eigenvalue weighted by atomic mass is 9.80. The van der Waals surface area contributed by atoms with Crippen molar-refractivity contribution in [2.24, 2.45) is 5.92 Å². The molecule has 3 heteroatoms. The van der Waals surface area contributed by atoms with Crippen LogP contribution in [-0.4, -0.2) is 5.11 Å². The molecule has 1 aliphatic rings. The summed E-state index contributed by atoms with van der Waals surface area (Å²) in [6.07, 6.45) is 4.34. The average molecular weight is 290 g/mol. The number of halogens is 2. The van der Waals surface area contributed by atoms with Crippen molar-refractivity contribution in [3.63, 3.8) is 0 Å². The second-order valence-corrected chi connectivity index (χ2v) is 5.60. The quantitative estimate of drug-likeness (QED) is 0.878. The third kappa shape index (κ3) is 2.96. The third-order valence-corrected chi connectivity index (χ3v) is 3.73. The number of aliphatic hydroxyl groups excluding tert-OH is 1. The molecule has 1 fully saturated rings. The molecule has 15 heavy (non-hydrogen) atoms. The molecule has 0 aliphatic heterocycles. The fourth-order valence-corrected chi connectivity index (χ4v) is 2.83. The van der Waals surface area contributed by atoms with Crippen LogP contribution in [0, 0.1) is 5.92 Å². The van der Waals surface area contributed by atoms with E-state index in [9.17, 15) is 5.11 Å². The van der Waals surface area contributed by atoms with E-state index in [0.717, 1.165) is 16.5 Å². The van der Waals surface area contributed by atoms with Gasteiger partial charge in [0.1, 0.15) is 0 Å². The Bertz CT molecular complexity index is 329. The summed E-state index contributed by atoms with van der Waals surface area (Å²) in [5.41, 5.74) is 0.918. The lowest BCUT2D eigenvalue weighted by Gasteiger charge is -2.27. The normalized spacial score (nSPS) is 18.6. The highest BCUT2D eigenvalue weighted by Crippen LogP contribution is 2.35. The van der Waals surface area contributed by atoms with Crippen molar-refractivity contribution < 1.29 is 5.11 Å². The summed E-state index contributed by atoms with van der Waals surface area (Å²) in [6.45, 7) is 0. The maximum Gasteiger partial charge on any atom is 0.0793 e. The zero-order valence-corrected chi connectivity index (χ0v) is 10.8. The van der Waals surface area contributed by atoms with Crippen molar-refractivity contribution in [2.75, 3.05) is 0 Å². The van der Waals surface area contributed by atoms with E-state index in [1.54, 1.807) is 0 Å². The molecule has 0 radical (unpaired) electrons. The van der Waals surface area contributed by atoms with Gasteiger partial charge in [-0.2, -0.15) is 0 Å². The van der Waals surface area contributed by atoms with Gasteiger partial charge in [0.25, 0.3) is 0 Å². The van der Waals surface area contributed by atoms with Crippen LogP contribution in [0.2, 0.25) is 5.02 Å². The molecule has 0 aromatic heterocycles. The van der Waals surface area contributed by atoms with E-state index in [0.29, 0.717) is 10.9 Å². The van der Waals surface area contributed by atoms with Gasteiger partial charge in [-0.05, 0) is 36.1 Å². The first kappa shape index (κ1) is 11.4. The first-order chi connectivity index (χ1) is 7.15. The van der Waals surface area contributed by atoms with E-state index in [1.807, 2.05) is 18.2 Å². The Morgan fingerprint density at radius 1 is 1.40 bits per heavy atom. The Kier molecular flexibility index (Phi) is 3.70. The highest BCUT2D eigenvalue weighted by molar-refractivity contribution is 9.10. The van der Waals surface area contributed by atoms with E-state index in [1.165, 1.54) is 19.3 Å². The summed E-state index contributed by atoms with van der Waals surface area (Å²) < 4.78 is 0.928. The van der Waals surface area contributed by atoms with Crippen LogP contribution < -0.4 is 0 Å². The van der Waals surface area contributed by atoms with Gasteiger partial charge in [0, 0.05) is 9.50 Å². The van der Waals surface area contributed by atoms with E-state index in [4.69, 9.17) is 11.6 Å². The topological polar surface area (TPSA) is 20.2 Å². The zero-order chi connectivity index (χ0) is 10.8. The van der Waals surface area contributed by atoms with Crippen molar-refractivity contribution in [2.45, 2.75) is 31.8 Å². The number of aliphatic hydroxyl groups is 1. The minimum absolute atomic E-state index is 0.370. The smallest absolute Gasteiger partial charge is 0.0793 e. The lowest BCUT2D eigenvalue weighted by Crippen LogP contribution is -2.14. The first-order valence-corrected chi connectivity index (χ1v) is 6.46. The van der Waals surface area contributed by atoms with Gasteiger partial charge in [-0.1, -0.05) is 46.8 Å². The Morgan fingerprint density at radius 2 is 2.13 bits per heavy atom. The van der Waals surface area contributed by atoms with E-state index in [-0.39, 0.29) is 6.10 Å². The fraction of sp³-hybridized carbons (Fsp3) is 0.500. The maximum atomic E-state index is 10.0. The molecule has 2 rings (SSSR count). The van der Waals surface area contributed by atoms with Crippen molar-refractivity contribution in [3.05, 3.63) is 33.3 Å². The molecular formula is C12H14BrClO. The van der Waals surface area contributed by atoms with E-state index in [2.05, 4.69) is 15.9 Å². The molecule has 1 aromatic carbocycles. The highest BCUT2D eigenvalue weighted by Gasteiger charge is 2.21. The van der Waals surface area contributed by atoms with Gasteiger partial charge in [0.2, 0.25) is 0 Å². The predicted molar refractivity (Wildman–Crippen MR) is 66.1 cm³/mol. The van der Waals surface area contributed by atoms with Crippen LogP contribution in [0.3, 0.4) is 0 Å². The van der Waals surface area contributed by atoms with Gasteiger partial charge in [0.15, 0.2) is 0 Å². The first-order valence-electron chi connectivity index (χ1n) is 5.29. The van der Waals surface area contributed by atoms with Gasteiger partial charge >= 0.3 is 0 Å². The molecule has 0 amide bonds.